The Labute approximate surface area is 98.3 Å². The lowest BCUT2D eigenvalue weighted by molar-refractivity contribution is 0.111. The van der Waals surface area contributed by atoms with Crippen molar-refractivity contribution in [2.45, 2.75) is 13.8 Å². The Kier molecular flexibility index (Phi) is 2.95. The summed E-state index contributed by atoms with van der Waals surface area (Å²) >= 11 is 0. The molecule has 0 saturated carbocycles. The zero-order valence-corrected chi connectivity index (χ0v) is 9.57. The highest BCUT2D eigenvalue weighted by Gasteiger charge is 2.06. The molecule has 0 radical (unpaired) electrons. The molecule has 17 heavy (non-hydrogen) atoms. The van der Waals surface area contributed by atoms with Crippen molar-refractivity contribution in [3.8, 4) is 11.4 Å². The molecule has 1 aromatic carbocycles. The third-order valence-corrected chi connectivity index (χ3v) is 2.41. The van der Waals surface area contributed by atoms with Crippen LogP contribution in [-0.2, 0) is 0 Å². The summed E-state index contributed by atoms with van der Waals surface area (Å²) < 4.78 is 13.1. The molecule has 4 heteroatoms. The number of carbonyl (C=O) groups is 1. The summed E-state index contributed by atoms with van der Waals surface area (Å²) in [6.07, 6.45) is 0.675. The number of aryl methyl sites for hydroxylation is 2. The average Bonchev–Trinajstić information content (AvgIpc) is 2.32. The van der Waals surface area contributed by atoms with Gasteiger partial charge in [0.05, 0.1) is 0 Å². The zero-order chi connectivity index (χ0) is 12.4. The molecule has 2 aromatic rings. The number of rotatable bonds is 2. The van der Waals surface area contributed by atoms with Crippen LogP contribution in [0.15, 0.2) is 24.3 Å². The Morgan fingerprint density at radius 1 is 1.18 bits per heavy atom. The van der Waals surface area contributed by atoms with Crippen molar-refractivity contribution in [3.63, 3.8) is 0 Å². The molecule has 1 aromatic heterocycles. The Hall–Kier alpha value is -2.10. The maximum absolute atomic E-state index is 13.1. The van der Waals surface area contributed by atoms with E-state index in [1.165, 1.54) is 6.07 Å². The third kappa shape index (κ3) is 2.36. The molecule has 0 amide bonds. The minimum Gasteiger partial charge on any atom is -0.296 e. The van der Waals surface area contributed by atoms with Crippen LogP contribution in [0.5, 0.6) is 0 Å². The van der Waals surface area contributed by atoms with Gasteiger partial charge in [0.25, 0.3) is 0 Å². The van der Waals surface area contributed by atoms with Crippen molar-refractivity contribution in [1.82, 2.24) is 9.97 Å². The van der Waals surface area contributed by atoms with E-state index in [4.69, 9.17) is 0 Å². The maximum Gasteiger partial charge on any atom is 0.168 e. The van der Waals surface area contributed by atoms with E-state index in [1.807, 2.05) is 0 Å². The molecule has 0 bridgehead atoms. The van der Waals surface area contributed by atoms with E-state index >= 15 is 0 Å². The van der Waals surface area contributed by atoms with Crippen LogP contribution < -0.4 is 0 Å². The molecule has 0 aliphatic rings. The first-order chi connectivity index (χ1) is 8.10. The number of nitrogens with zero attached hydrogens (tertiary/aromatic N) is 2. The number of aromatic nitrogens is 2. The van der Waals surface area contributed by atoms with Crippen molar-refractivity contribution in [2.75, 3.05) is 0 Å². The number of halogens is 1. The number of hydrogen-bond acceptors (Lipinski definition) is 3. The fraction of sp³-hybridized carbons (Fsp3) is 0.154. The normalized spacial score (nSPS) is 10.3. The predicted molar refractivity (Wildman–Crippen MR) is 62.3 cm³/mol. The summed E-state index contributed by atoms with van der Waals surface area (Å²) in [5.41, 5.74) is 2.27. The highest BCUT2D eigenvalue weighted by molar-refractivity contribution is 5.73. The lowest BCUT2D eigenvalue weighted by Crippen LogP contribution is -1.97. The van der Waals surface area contributed by atoms with E-state index in [2.05, 4.69) is 9.97 Å². The maximum atomic E-state index is 13.1. The summed E-state index contributed by atoms with van der Waals surface area (Å²) in [5, 5.41) is 0. The quantitative estimate of drug-likeness (QED) is 0.745. The van der Waals surface area contributed by atoms with Crippen LogP contribution in [0, 0.1) is 19.7 Å². The number of hydrogen-bond donors (Lipinski definition) is 0. The van der Waals surface area contributed by atoms with Crippen LogP contribution in [0.4, 0.5) is 4.39 Å². The molecule has 2 rings (SSSR count). The van der Waals surface area contributed by atoms with Crippen LogP contribution in [0.25, 0.3) is 11.4 Å². The molecule has 0 saturated heterocycles. The van der Waals surface area contributed by atoms with Gasteiger partial charge in [-0.15, -0.1) is 0 Å². The van der Waals surface area contributed by atoms with Gasteiger partial charge in [0.1, 0.15) is 11.5 Å². The van der Waals surface area contributed by atoms with Gasteiger partial charge in [-0.2, -0.15) is 0 Å². The van der Waals surface area contributed by atoms with Gasteiger partial charge in [0.2, 0.25) is 0 Å². The second-order valence-corrected chi connectivity index (χ2v) is 3.84. The molecule has 0 aliphatic heterocycles. The molecular weight excluding hydrogens is 219 g/mol. The molecule has 0 spiro atoms. The number of benzene rings is 1. The molecule has 0 atom stereocenters. The van der Waals surface area contributed by atoms with E-state index < -0.39 is 0 Å². The van der Waals surface area contributed by atoms with Gasteiger partial charge in [-0.3, -0.25) is 4.79 Å². The van der Waals surface area contributed by atoms with Gasteiger partial charge in [-0.1, -0.05) is 0 Å². The first-order valence-electron chi connectivity index (χ1n) is 5.17. The van der Waals surface area contributed by atoms with E-state index in [0.717, 1.165) is 0 Å². The first-order valence-corrected chi connectivity index (χ1v) is 5.17. The van der Waals surface area contributed by atoms with Crippen molar-refractivity contribution < 1.29 is 9.18 Å². The Morgan fingerprint density at radius 2 is 1.94 bits per heavy atom. The fourth-order valence-corrected chi connectivity index (χ4v) is 1.57. The summed E-state index contributed by atoms with van der Waals surface area (Å²) in [5.74, 6) is 0.173. The van der Waals surface area contributed by atoms with E-state index in [9.17, 15) is 9.18 Å². The molecule has 3 nitrogen and oxygen atoms in total. The van der Waals surface area contributed by atoms with Crippen LogP contribution >= 0.6 is 0 Å². The minimum absolute atomic E-state index is 0.267. The topological polar surface area (TPSA) is 42.9 Å². The lowest BCUT2D eigenvalue weighted by atomic mass is 10.1. The molecule has 0 unspecified atom stereocenters. The molecule has 86 valence electrons. The monoisotopic (exact) mass is 230 g/mol. The SMILES string of the molecule is Cc1cc(C=O)nc(-c2ccc(F)c(C)c2)n1. The lowest BCUT2D eigenvalue weighted by Gasteiger charge is -2.04. The summed E-state index contributed by atoms with van der Waals surface area (Å²) in [7, 11) is 0. The molecule has 0 fully saturated rings. The number of aldehydes is 1. The van der Waals surface area contributed by atoms with E-state index in [0.29, 0.717) is 34.6 Å². The predicted octanol–water partition coefficient (Wildman–Crippen LogP) is 2.71. The Balaban J connectivity index is 2.55. The van der Waals surface area contributed by atoms with Gasteiger partial charge in [0.15, 0.2) is 12.1 Å². The van der Waals surface area contributed by atoms with Crippen LogP contribution in [0.2, 0.25) is 0 Å². The smallest absolute Gasteiger partial charge is 0.168 e. The van der Waals surface area contributed by atoms with Crippen LogP contribution in [0.3, 0.4) is 0 Å². The Morgan fingerprint density at radius 3 is 2.59 bits per heavy atom. The summed E-state index contributed by atoms with van der Waals surface area (Å²) in [6, 6.07) is 6.24. The van der Waals surface area contributed by atoms with E-state index in [-0.39, 0.29) is 5.82 Å². The third-order valence-electron chi connectivity index (χ3n) is 2.41. The highest BCUT2D eigenvalue weighted by Crippen LogP contribution is 2.18. The van der Waals surface area contributed by atoms with Gasteiger partial charge in [-0.05, 0) is 43.7 Å². The Bertz CT molecular complexity index is 582. The molecule has 0 aliphatic carbocycles. The second-order valence-electron chi connectivity index (χ2n) is 3.84. The van der Waals surface area contributed by atoms with Gasteiger partial charge in [0, 0.05) is 11.3 Å². The standard InChI is InChI=1S/C13H11FN2O/c1-8-5-10(3-4-12(8)14)13-15-9(2)6-11(7-17)16-13/h3-7H,1-2H3. The average molecular weight is 230 g/mol. The first kappa shape index (κ1) is 11.4. The van der Waals surface area contributed by atoms with Gasteiger partial charge >= 0.3 is 0 Å². The van der Waals surface area contributed by atoms with Crippen molar-refractivity contribution in [2.24, 2.45) is 0 Å². The highest BCUT2D eigenvalue weighted by atomic mass is 19.1. The van der Waals surface area contributed by atoms with Crippen LogP contribution in [0.1, 0.15) is 21.7 Å². The van der Waals surface area contributed by atoms with Crippen molar-refractivity contribution in [1.29, 1.82) is 0 Å². The molecule has 1 heterocycles. The van der Waals surface area contributed by atoms with Crippen molar-refractivity contribution >= 4 is 6.29 Å². The fourth-order valence-electron chi connectivity index (χ4n) is 1.57. The second kappa shape index (κ2) is 4.41. The minimum atomic E-state index is -0.267. The zero-order valence-electron chi connectivity index (χ0n) is 9.57. The van der Waals surface area contributed by atoms with Crippen molar-refractivity contribution in [3.05, 3.63) is 47.0 Å². The number of carbonyl (C=O) groups excluding carboxylic acids is 1. The summed E-state index contributed by atoms with van der Waals surface area (Å²) in [6.45, 7) is 3.46. The van der Waals surface area contributed by atoms with Gasteiger partial charge < -0.3 is 0 Å². The summed E-state index contributed by atoms with van der Waals surface area (Å²) in [4.78, 5) is 19.0. The molecular formula is C13H11FN2O. The van der Waals surface area contributed by atoms with Gasteiger partial charge in [-0.25, -0.2) is 14.4 Å². The largest absolute Gasteiger partial charge is 0.296 e. The van der Waals surface area contributed by atoms with E-state index in [1.54, 1.807) is 32.0 Å². The molecule has 0 N–H and O–H groups in total. The van der Waals surface area contributed by atoms with Crippen LogP contribution in [-0.4, -0.2) is 16.3 Å².